The van der Waals surface area contributed by atoms with E-state index in [1.165, 1.54) is 19.4 Å². The molecule has 0 bridgehead atoms. The van der Waals surface area contributed by atoms with Crippen molar-refractivity contribution in [3.05, 3.63) is 82.9 Å². The highest BCUT2D eigenvalue weighted by molar-refractivity contribution is 6.31. The zero-order valence-electron chi connectivity index (χ0n) is 15.0. The lowest BCUT2D eigenvalue weighted by molar-refractivity contribution is 0.0950. The van der Waals surface area contributed by atoms with Crippen LogP contribution in [0, 0.1) is 0 Å². The molecule has 2 amide bonds. The fourth-order valence-corrected chi connectivity index (χ4v) is 2.62. The molecule has 0 unspecified atom stereocenters. The molecule has 3 aromatic rings. The van der Waals surface area contributed by atoms with Gasteiger partial charge < -0.3 is 15.4 Å². The van der Waals surface area contributed by atoms with E-state index >= 15 is 0 Å². The van der Waals surface area contributed by atoms with Crippen LogP contribution < -0.4 is 15.4 Å². The van der Waals surface area contributed by atoms with Gasteiger partial charge in [0.25, 0.3) is 11.8 Å². The molecule has 8 heteroatoms. The van der Waals surface area contributed by atoms with Crippen molar-refractivity contribution >= 4 is 29.1 Å². The minimum absolute atomic E-state index is 0.0959. The molecule has 7 nitrogen and oxygen atoms in total. The maximum absolute atomic E-state index is 12.5. The van der Waals surface area contributed by atoms with Gasteiger partial charge in [-0.05, 0) is 48.0 Å². The third kappa shape index (κ3) is 4.83. The fraction of sp³-hybridized carbons (Fsp3) is 0.100. The molecule has 0 fully saturated rings. The van der Waals surface area contributed by atoms with Crippen LogP contribution in [0.5, 0.6) is 5.75 Å². The molecule has 0 saturated heterocycles. The van der Waals surface area contributed by atoms with E-state index in [9.17, 15) is 9.59 Å². The van der Waals surface area contributed by atoms with E-state index in [1.54, 1.807) is 36.7 Å². The van der Waals surface area contributed by atoms with Crippen molar-refractivity contribution in [2.45, 2.75) is 6.54 Å². The molecule has 2 N–H and O–H groups in total. The van der Waals surface area contributed by atoms with E-state index in [0.29, 0.717) is 28.6 Å². The van der Waals surface area contributed by atoms with E-state index in [4.69, 9.17) is 16.3 Å². The lowest BCUT2D eigenvalue weighted by Gasteiger charge is -2.11. The summed E-state index contributed by atoms with van der Waals surface area (Å²) in [4.78, 5) is 32.9. The summed E-state index contributed by atoms with van der Waals surface area (Å²) in [5, 5.41) is 5.94. The zero-order chi connectivity index (χ0) is 19.9. The van der Waals surface area contributed by atoms with Gasteiger partial charge in [0.2, 0.25) is 0 Å². The smallest absolute Gasteiger partial charge is 0.274 e. The van der Waals surface area contributed by atoms with E-state index in [1.807, 2.05) is 12.1 Å². The monoisotopic (exact) mass is 396 g/mol. The first-order chi connectivity index (χ1) is 13.6. The summed E-state index contributed by atoms with van der Waals surface area (Å²) < 4.78 is 5.21. The number of nitrogens with zero attached hydrogens (tertiary/aromatic N) is 2. The number of nitrogens with one attached hydrogen (secondary N) is 2. The second-order valence-corrected chi connectivity index (χ2v) is 6.20. The van der Waals surface area contributed by atoms with Crippen LogP contribution in [-0.4, -0.2) is 28.9 Å². The van der Waals surface area contributed by atoms with Crippen LogP contribution in [0.2, 0.25) is 5.02 Å². The number of halogens is 1. The van der Waals surface area contributed by atoms with Gasteiger partial charge in [-0.1, -0.05) is 11.6 Å². The molecule has 2 heterocycles. The molecular formula is C20H17ClN4O3. The van der Waals surface area contributed by atoms with E-state index in [0.717, 1.165) is 5.56 Å². The fourth-order valence-electron chi connectivity index (χ4n) is 2.45. The minimum Gasteiger partial charge on any atom is -0.495 e. The first kappa shape index (κ1) is 19.3. The number of carbonyl (C=O) groups excluding carboxylic acids is 2. The molecule has 0 spiro atoms. The molecule has 0 radical (unpaired) electrons. The molecule has 0 atom stereocenters. The van der Waals surface area contributed by atoms with Crippen LogP contribution in [-0.2, 0) is 6.54 Å². The first-order valence-corrected chi connectivity index (χ1v) is 8.72. The SMILES string of the molecule is COc1ccc(Cl)cc1NC(=O)c1cc(C(=O)NCc2ccncc2)ccn1. The molecular weight excluding hydrogens is 380 g/mol. The second-order valence-electron chi connectivity index (χ2n) is 5.77. The van der Waals surface area contributed by atoms with Gasteiger partial charge in [0, 0.05) is 35.7 Å². The van der Waals surface area contributed by atoms with Crippen LogP contribution in [0.1, 0.15) is 26.4 Å². The Morgan fingerprint density at radius 1 is 1.04 bits per heavy atom. The number of carbonyl (C=O) groups is 2. The largest absolute Gasteiger partial charge is 0.495 e. The summed E-state index contributed by atoms with van der Waals surface area (Å²) in [5.74, 6) is -0.332. The highest BCUT2D eigenvalue weighted by Gasteiger charge is 2.14. The van der Waals surface area contributed by atoms with Gasteiger partial charge in [0.05, 0.1) is 12.8 Å². The normalized spacial score (nSPS) is 10.2. The van der Waals surface area contributed by atoms with Crippen molar-refractivity contribution in [3.8, 4) is 5.75 Å². The minimum atomic E-state index is -0.482. The summed E-state index contributed by atoms with van der Waals surface area (Å²) >= 11 is 5.98. The van der Waals surface area contributed by atoms with Gasteiger partial charge in [-0.15, -0.1) is 0 Å². The molecule has 0 aliphatic heterocycles. The van der Waals surface area contributed by atoms with Crippen molar-refractivity contribution < 1.29 is 14.3 Å². The number of rotatable bonds is 6. The van der Waals surface area contributed by atoms with Crippen molar-refractivity contribution in [2.75, 3.05) is 12.4 Å². The maximum atomic E-state index is 12.5. The van der Waals surface area contributed by atoms with Crippen LogP contribution in [0.25, 0.3) is 0 Å². The Kier molecular flexibility index (Phi) is 6.18. The average molecular weight is 397 g/mol. The van der Waals surface area contributed by atoms with Gasteiger partial charge >= 0.3 is 0 Å². The first-order valence-electron chi connectivity index (χ1n) is 8.35. The number of amides is 2. The molecule has 2 aromatic heterocycles. The van der Waals surface area contributed by atoms with Gasteiger partial charge in [-0.3, -0.25) is 19.6 Å². The summed E-state index contributed by atoms with van der Waals surface area (Å²) in [5.41, 5.74) is 1.75. The van der Waals surface area contributed by atoms with Gasteiger partial charge in [-0.2, -0.15) is 0 Å². The molecule has 0 saturated carbocycles. The van der Waals surface area contributed by atoms with Crippen molar-refractivity contribution in [2.24, 2.45) is 0 Å². The Labute approximate surface area is 166 Å². The molecule has 0 aliphatic carbocycles. The molecule has 0 aliphatic rings. The predicted octanol–water partition coefficient (Wildman–Crippen LogP) is 3.32. The lowest BCUT2D eigenvalue weighted by Crippen LogP contribution is -2.23. The predicted molar refractivity (Wildman–Crippen MR) is 106 cm³/mol. The molecule has 1 aromatic carbocycles. The Morgan fingerprint density at radius 2 is 1.82 bits per heavy atom. The Morgan fingerprint density at radius 3 is 2.57 bits per heavy atom. The van der Waals surface area contributed by atoms with Crippen molar-refractivity contribution in [1.82, 2.24) is 15.3 Å². The number of anilines is 1. The average Bonchev–Trinajstić information content (AvgIpc) is 2.73. The highest BCUT2D eigenvalue weighted by atomic mass is 35.5. The van der Waals surface area contributed by atoms with Crippen LogP contribution >= 0.6 is 11.6 Å². The number of hydrogen-bond acceptors (Lipinski definition) is 5. The van der Waals surface area contributed by atoms with Crippen molar-refractivity contribution in [1.29, 1.82) is 0 Å². The molecule has 142 valence electrons. The summed E-state index contributed by atoms with van der Waals surface area (Å²) in [6.07, 6.45) is 4.71. The number of ether oxygens (including phenoxy) is 1. The van der Waals surface area contributed by atoms with Crippen LogP contribution in [0.4, 0.5) is 5.69 Å². The molecule has 28 heavy (non-hydrogen) atoms. The lowest BCUT2D eigenvalue weighted by atomic mass is 10.2. The number of methoxy groups -OCH3 is 1. The Hall–Kier alpha value is -3.45. The van der Waals surface area contributed by atoms with Gasteiger partial charge in [0.15, 0.2) is 0 Å². The number of pyridine rings is 2. The number of aromatic nitrogens is 2. The third-order valence-electron chi connectivity index (χ3n) is 3.87. The van der Waals surface area contributed by atoms with Crippen LogP contribution in [0.15, 0.2) is 61.1 Å². The summed E-state index contributed by atoms with van der Waals surface area (Å²) in [6, 6.07) is 11.5. The van der Waals surface area contributed by atoms with Gasteiger partial charge in [0.1, 0.15) is 11.4 Å². The van der Waals surface area contributed by atoms with E-state index in [2.05, 4.69) is 20.6 Å². The second kappa shape index (κ2) is 8.96. The Balaban J connectivity index is 1.71. The Bertz CT molecular complexity index is 996. The van der Waals surface area contributed by atoms with Crippen molar-refractivity contribution in [3.63, 3.8) is 0 Å². The quantitative estimate of drug-likeness (QED) is 0.666. The third-order valence-corrected chi connectivity index (χ3v) is 4.10. The number of hydrogen-bond donors (Lipinski definition) is 2. The van der Waals surface area contributed by atoms with Gasteiger partial charge in [-0.25, -0.2) is 0 Å². The summed E-state index contributed by atoms with van der Waals surface area (Å²) in [6.45, 7) is 0.352. The standard InChI is InChI=1S/C20H17ClN4O3/c1-28-18-3-2-15(21)11-16(18)25-20(27)17-10-14(6-9-23-17)19(26)24-12-13-4-7-22-8-5-13/h2-11H,12H2,1H3,(H,24,26)(H,25,27). The molecule has 3 rings (SSSR count). The number of benzene rings is 1. The maximum Gasteiger partial charge on any atom is 0.274 e. The summed E-state index contributed by atoms with van der Waals surface area (Å²) in [7, 11) is 1.49. The van der Waals surface area contributed by atoms with E-state index < -0.39 is 5.91 Å². The van der Waals surface area contributed by atoms with Crippen LogP contribution in [0.3, 0.4) is 0 Å². The highest BCUT2D eigenvalue weighted by Crippen LogP contribution is 2.28. The van der Waals surface area contributed by atoms with E-state index in [-0.39, 0.29) is 11.6 Å². The topological polar surface area (TPSA) is 93.2 Å². The zero-order valence-corrected chi connectivity index (χ0v) is 15.7.